The summed E-state index contributed by atoms with van der Waals surface area (Å²) in [6, 6.07) is 2.16. The molecular weight excluding hydrogens is 162 g/mol. The first-order chi connectivity index (χ1) is 4.97. The van der Waals surface area contributed by atoms with Crippen LogP contribution >= 0.6 is 0 Å². The Bertz CT molecular complexity index is 282. The van der Waals surface area contributed by atoms with Crippen molar-refractivity contribution in [1.29, 1.82) is 5.26 Å². The van der Waals surface area contributed by atoms with Gasteiger partial charge in [0.15, 0.2) is 0 Å². The van der Waals surface area contributed by atoms with Gasteiger partial charge in [0, 0.05) is 6.26 Å². The molecule has 3 nitrogen and oxygen atoms in total. The van der Waals surface area contributed by atoms with E-state index in [1.165, 1.54) is 6.26 Å². The zero-order valence-corrected chi connectivity index (χ0v) is 7.32. The number of sulfone groups is 1. The van der Waals surface area contributed by atoms with Gasteiger partial charge in [-0.2, -0.15) is 5.26 Å². The van der Waals surface area contributed by atoms with Crippen LogP contribution in [0.2, 0.25) is 0 Å². The quantitative estimate of drug-likeness (QED) is 0.632. The van der Waals surface area contributed by atoms with E-state index in [1.807, 2.05) is 0 Å². The van der Waals surface area contributed by atoms with Gasteiger partial charge in [0.1, 0.15) is 9.84 Å². The summed E-state index contributed by atoms with van der Waals surface area (Å²) in [5.74, 6) is 0.153. The van der Waals surface area contributed by atoms with E-state index < -0.39 is 9.84 Å². The second-order valence-corrected chi connectivity index (χ2v) is 5.53. The maximum atomic E-state index is 10.7. The molecule has 0 amide bonds. The van der Waals surface area contributed by atoms with Crippen LogP contribution in [-0.2, 0) is 9.84 Å². The van der Waals surface area contributed by atoms with Gasteiger partial charge < -0.3 is 0 Å². The average molecular weight is 173 g/mol. The first-order valence-electron chi connectivity index (χ1n) is 3.56. The van der Waals surface area contributed by atoms with Crippen LogP contribution < -0.4 is 0 Å². The Morgan fingerprint density at radius 3 is 2.36 bits per heavy atom. The summed E-state index contributed by atoms with van der Waals surface area (Å²) in [5, 5.41) is 8.61. The van der Waals surface area contributed by atoms with E-state index in [0.717, 1.165) is 12.8 Å². The maximum Gasteiger partial charge on any atom is 0.147 e. The molecule has 0 bridgehead atoms. The van der Waals surface area contributed by atoms with Gasteiger partial charge in [0.05, 0.1) is 17.2 Å². The van der Waals surface area contributed by atoms with Gasteiger partial charge in [-0.15, -0.1) is 0 Å². The second kappa shape index (κ2) is 2.49. The minimum Gasteiger partial charge on any atom is -0.229 e. The molecule has 0 unspecified atom stereocenters. The molecule has 0 atom stereocenters. The molecule has 62 valence electrons. The third-order valence-corrected chi connectivity index (χ3v) is 2.99. The van der Waals surface area contributed by atoms with E-state index in [0.29, 0.717) is 6.42 Å². The molecule has 1 rings (SSSR count). The summed E-state index contributed by atoms with van der Waals surface area (Å²) in [6.45, 7) is 0. The highest BCUT2D eigenvalue weighted by atomic mass is 32.2. The summed E-state index contributed by atoms with van der Waals surface area (Å²) in [7, 11) is -2.88. The van der Waals surface area contributed by atoms with Crippen molar-refractivity contribution in [2.45, 2.75) is 19.3 Å². The van der Waals surface area contributed by atoms with Crippen LogP contribution in [0.15, 0.2) is 0 Å². The molecule has 0 N–H and O–H groups in total. The van der Waals surface area contributed by atoms with Gasteiger partial charge in [-0.3, -0.25) is 0 Å². The molecule has 0 aromatic heterocycles. The molecule has 0 saturated heterocycles. The normalized spacial score (nSPS) is 20.7. The number of nitrogens with zero attached hydrogens (tertiary/aromatic N) is 1. The first-order valence-corrected chi connectivity index (χ1v) is 5.63. The Hall–Kier alpha value is -0.560. The molecule has 1 fully saturated rings. The Morgan fingerprint density at radius 1 is 1.55 bits per heavy atom. The lowest BCUT2D eigenvalue weighted by Gasteiger charge is -2.01. The predicted molar refractivity (Wildman–Crippen MR) is 41.6 cm³/mol. The van der Waals surface area contributed by atoms with Crippen molar-refractivity contribution in [1.82, 2.24) is 0 Å². The van der Waals surface area contributed by atoms with Crippen molar-refractivity contribution in [3.05, 3.63) is 0 Å². The van der Waals surface area contributed by atoms with Crippen molar-refractivity contribution in [3.63, 3.8) is 0 Å². The van der Waals surface area contributed by atoms with Crippen LogP contribution in [0.3, 0.4) is 0 Å². The number of nitriles is 1. The zero-order valence-electron chi connectivity index (χ0n) is 6.50. The number of hydrogen-bond donors (Lipinski definition) is 0. The molecule has 0 radical (unpaired) electrons. The highest BCUT2D eigenvalue weighted by Gasteiger charge is 2.43. The molecule has 0 spiro atoms. The summed E-state index contributed by atoms with van der Waals surface area (Å²) in [4.78, 5) is 0. The third-order valence-electron chi connectivity index (χ3n) is 2.04. The minimum atomic E-state index is -2.88. The average Bonchev–Trinajstić information content (AvgIpc) is 2.63. The Kier molecular flexibility index (Phi) is 1.93. The van der Waals surface area contributed by atoms with Gasteiger partial charge in [0.25, 0.3) is 0 Å². The minimum absolute atomic E-state index is 0.153. The first kappa shape index (κ1) is 8.54. The lowest BCUT2D eigenvalue weighted by Crippen LogP contribution is -2.08. The van der Waals surface area contributed by atoms with Crippen LogP contribution in [0.25, 0.3) is 0 Å². The number of hydrogen-bond acceptors (Lipinski definition) is 3. The molecule has 0 aromatic carbocycles. The molecule has 0 heterocycles. The molecule has 1 saturated carbocycles. The summed E-state index contributed by atoms with van der Waals surface area (Å²) < 4.78 is 21.4. The van der Waals surface area contributed by atoms with E-state index >= 15 is 0 Å². The van der Waals surface area contributed by atoms with Crippen molar-refractivity contribution < 1.29 is 8.42 Å². The van der Waals surface area contributed by atoms with E-state index in [4.69, 9.17) is 5.26 Å². The molecular formula is C7H11NO2S. The smallest absolute Gasteiger partial charge is 0.147 e. The molecule has 1 aliphatic rings. The zero-order chi connectivity index (χ0) is 8.54. The fourth-order valence-corrected chi connectivity index (χ4v) is 1.71. The van der Waals surface area contributed by atoms with Crippen LogP contribution in [0.1, 0.15) is 19.3 Å². The fourth-order valence-electron chi connectivity index (χ4n) is 0.949. The van der Waals surface area contributed by atoms with Crippen LogP contribution in [0.5, 0.6) is 0 Å². The molecule has 11 heavy (non-hydrogen) atoms. The van der Waals surface area contributed by atoms with Gasteiger partial charge in [-0.1, -0.05) is 0 Å². The Morgan fingerprint density at radius 2 is 2.09 bits per heavy atom. The topological polar surface area (TPSA) is 57.9 Å². The number of rotatable bonds is 3. The largest absolute Gasteiger partial charge is 0.229 e. The Balaban J connectivity index is 2.41. The molecule has 0 aliphatic heterocycles. The maximum absolute atomic E-state index is 10.7. The molecule has 1 aliphatic carbocycles. The van der Waals surface area contributed by atoms with Gasteiger partial charge in [-0.25, -0.2) is 8.42 Å². The standard InChI is InChI=1S/C7H11NO2S/c1-11(9,10)5-4-7(6-8)2-3-7/h2-5H2,1H3. The van der Waals surface area contributed by atoms with Crippen molar-refractivity contribution in [2.75, 3.05) is 12.0 Å². The highest BCUT2D eigenvalue weighted by molar-refractivity contribution is 7.90. The van der Waals surface area contributed by atoms with E-state index in [2.05, 4.69) is 6.07 Å². The monoisotopic (exact) mass is 173 g/mol. The van der Waals surface area contributed by atoms with E-state index in [9.17, 15) is 8.42 Å². The van der Waals surface area contributed by atoms with E-state index in [-0.39, 0.29) is 11.2 Å². The van der Waals surface area contributed by atoms with Gasteiger partial charge in [-0.05, 0) is 19.3 Å². The van der Waals surface area contributed by atoms with Crippen molar-refractivity contribution in [3.8, 4) is 6.07 Å². The predicted octanol–water partition coefficient (Wildman–Crippen LogP) is 0.725. The van der Waals surface area contributed by atoms with Crippen molar-refractivity contribution >= 4 is 9.84 Å². The molecule has 0 aromatic rings. The van der Waals surface area contributed by atoms with Crippen molar-refractivity contribution in [2.24, 2.45) is 5.41 Å². The lowest BCUT2D eigenvalue weighted by molar-refractivity contribution is 0.581. The van der Waals surface area contributed by atoms with Crippen LogP contribution in [-0.4, -0.2) is 20.4 Å². The highest BCUT2D eigenvalue weighted by Crippen LogP contribution is 2.48. The van der Waals surface area contributed by atoms with Crippen LogP contribution in [0.4, 0.5) is 0 Å². The Labute approximate surface area is 66.9 Å². The van der Waals surface area contributed by atoms with E-state index in [1.54, 1.807) is 0 Å². The third kappa shape index (κ3) is 2.51. The molecule has 4 heteroatoms. The van der Waals surface area contributed by atoms with Gasteiger partial charge >= 0.3 is 0 Å². The SMILES string of the molecule is CS(=O)(=O)CCC1(C#N)CC1. The second-order valence-electron chi connectivity index (χ2n) is 3.27. The van der Waals surface area contributed by atoms with Gasteiger partial charge in [0.2, 0.25) is 0 Å². The lowest BCUT2D eigenvalue weighted by atomic mass is 10.1. The summed E-state index contributed by atoms with van der Waals surface area (Å²) >= 11 is 0. The summed E-state index contributed by atoms with van der Waals surface area (Å²) in [5.41, 5.74) is -0.275. The van der Waals surface area contributed by atoms with Crippen LogP contribution in [0, 0.1) is 16.7 Å². The summed E-state index contributed by atoms with van der Waals surface area (Å²) in [6.07, 6.45) is 3.47. The fraction of sp³-hybridized carbons (Fsp3) is 0.857.